The van der Waals surface area contributed by atoms with E-state index in [9.17, 15) is 24.3 Å². The number of Topliss-reactive ketones (excluding diaryl/α,β-unsaturated/α-hetero) is 2. The number of hydrogen-bond acceptors (Lipinski definition) is 7. The Bertz CT molecular complexity index is 888. The van der Waals surface area contributed by atoms with Gasteiger partial charge in [-0.1, -0.05) is 27.4 Å². The number of aliphatic hydroxyl groups is 1. The van der Waals surface area contributed by atoms with Gasteiger partial charge in [0.25, 0.3) is 0 Å². The quantitative estimate of drug-likeness (QED) is 0.527. The molecule has 0 radical (unpaired) electrons. The molecule has 7 nitrogen and oxygen atoms in total. The highest BCUT2D eigenvalue weighted by Crippen LogP contribution is 2.70. The Labute approximate surface area is 182 Å². The van der Waals surface area contributed by atoms with Crippen LogP contribution in [-0.4, -0.2) is 46.9 Å². The van der Waals surface area contributed by atoms with E-state index in [0.29, 0.717) is 18.4 Å². The van der Waals surface area contributed by atoms with Crippen molar-refractivity contribution in [1.82, 2.24) is 0 Å². The van der Waals surface area contributed by atoms with Crippen LogP contribution in [0.5, 0.6) is 0 Å². The maximum Gasteiger partial charge on any atom is 0.302 e. The number of esters is 2. The number of ether oxygens (including phenoxy) is 2. The lowest BCUT2D eigenvalue weighted by Crippen LogP contribution is -2.71. The van der Waals surface area contributed by atoms with Crippen molar-refractivity contribution in [2.45, 2.75) is 78.6 Å². The Morgan fingerprint density at radius 2 is 1.61 bits per heavy atom. The topological polar surface area (TPSA) is 107 Å². The first-order valence-electron chi connectivity index (χ1n) is 11.1. The van der Waals surface area contributed by atoms with Gasteiger partial charge in [0.1, 0.15) is 18.0 Å². The molecule has 4 saturated carbocycles. The standard InChI is InChI=1S/C24H32O7/c1-11-14-7-15(27)20-23(6)18(31-13(3)26)8-17(30-12(2)25)22(4,5)19(23)16(28)10-24(20,9-14)21(11)29/h14-15,17-20,27H,1,7-10H2,2-6H3/t14-,15-,17+,18+,19+,20-,23-,24+/m0/s1. The summed E-state index contributed by atoms with van der Waals surface area (Å²) in [6, 6.07) is 0. The lowest BCUT2D eigenvalue weighted by molar-refractivity contribution is -0.247. The van der Waals surface area contributed by atoms with E-state index in [-0.39, 0.29) is 30.3 Å². The zero-order chi connectivity index (χ0) is 23.1. The first kappa shape index (κ1) is 22.2. The minimum absolute atomic E-state index is 0.0341. The highest BCUT2D eigenvalue weighted by atomic mass is 16.6. The average molecular weight is 433 g/mol. The molecule has 4 fully saturated rings. The lowest BCUT2D eigenvalue weighted by Gasteiger charge is -2.65. The summed E-state index contributed by atoms with van der Waals surface area (Å²) in [4.78, 5) is 51.0. The number of ketones is 2. The fourth-order valence-electron chi connectivity index (χ4n) is 7.98. The first-order valence-corrected chi connectivity index (χ1v) is 11.1. The van der Waals surface area contributed by atoms with Crippen molar-refractivity contribution in [3.8, 4) is 0 Å². The van der Waals surface area contributed by atoms with Crippen LogP contribution in [0.15, 0.2) is 12.2 Å². The van der Waals surface area contributed by atoms with Crippen LogP contribution in [0.3, 0.4) is 0 Å². The van der Waals surface area contributed by atoms with E-state index in [4.69, 9.17) is 9.47 Å². The molecule has 1 N–H and O–H groups in total. The largest absolute Gasteiger partial charge is 0.462 e. The summed E-state index contributed by atoms with van der Waals surface area (Å²) in [5.74, 6) is -2.53. The van der Waals surface area contributed by atoms with E-state index in [1.165, 1.54) is 13.8 Å². The highest BCUT2D eigenvalue weighted by Gasteiger charge is 2.75. The third-order valence-corrected chi connectivity index (χ3v) is 8.77. The van der Waals surface area contributed by atoms with Gasteiger partial charge < -0.3 is 14.6 Å². The van der Waals surface area contributed by atoms with Gasteiger partial charge in [-0.05, 0) is 24.3 Å². The van der Waals surface area contributed by atoms with Gasteiger partial charge in [0.2, 0.25) is 0 Å². The maximum atomic E-state index is 13.8. The molecule has 4 aliphatic rings. The second-order valence-electron chi connectivity index (χ2n) is 10.9. The summed E-state index contributed by atoms with van der Waals surface area (Å²) in [6.07, 6.45) is -1.06. The number of rotatable bonds is 2. The predicted octanol–water partition coefficient (Wildman–Crippen LogP) is 2.39. The van der Waals surface area contributed by atoms with Crippen molar-refractivity contribution in [3.63, 3.8) is 0 Å². The van der Waals surface area contributed by atoms with E-state index >= 15 is 0 Å². The fourth-order valence-corrected chi connectivity index (χ4v) is 7.98. The van der Waals surface area contributed by atoms with Crippen LogP contribution in [-0.2, 0) is 28.7 Å². The summed E-state index contributed by atoms with van der Waals surface area (Å²) < 4.78 is 11.3. The number of allylic oxidation sites excluding steroid dienone is 1. The summed E-state index contributed by atoms with van der Waals surface area (Å²) >= 11 is 0. The molecule has 0 heterocycles. The monoisotopic (exact) mass is 432 g/mol. The average Bonchev–Trinajstić information content (AvgIpc) is 2.79. The van der Waals surface area contributed by atoms with Crippen LogP contribution in [0.4, 0.5) is 0 Å². The molecule has 31 heavy (non-hydrogen) atoms. The maximum absolute atomic E-state index is 13.8. The molecule has 1 spiro atoms. The van der Waals surface area contributed by atoms with Crippen molar-refractivity contribution in [3.05, 3.63) is 12.2 Å². The van der Waals surface area contributed by atoms with Crippen molar-refractivity contribution >= 4 is 23.5 Å². The van der Waals surface area contributed by atoms with E-state index < -0.39 is 58.3 Å². The molecule has 0 aromatic carbocycles. The van der Waals surface area contributed by atoms with Crippen molar-refractivity contribution < 1.29 is 33.8 Å². The van der Waals surface area contributed by atoms with Gasteiger partial charge >= 0.3 is 11.9 Å². The van der Waals surface area contributed by atoms with E-state index in [1.807, 2.05) is 20.8 Å². The number of carbonyl (C=O) groups excluding carboxylic acids is 4. The third-order valence-electron chi connectivity index (χ3n) is 8.77. The molecule has 0 unspecified atom stereocenters. The zero-order valence-electron chi connectivity index (χ0n) is 18.9. The van der Waals surface area contributed by atoms with Gasteiger partial charge in [-0.2, -0.15) is 0 Å². The zero-order valence-corrected chi connectivity index (χ0v) is 18.9. The van der Waals surface area contributed by atoms with E-state index in [0.717, 1.165) is 0 Å². The summed E-state index contributed by atoms with van der Waals surface area (Å²) in [5, 5.41) is 11.3. The van der Waals surface area contributed by atoms with Crippen LogP contribution in [0.1, 0.15) is 60.3 Å². The Morgan fingerprint density at radius 1 is 1.03 bits per heavy atom. The Kier molecular flexibility index (Phi) is 4.82. The molecule has 4 aliphatic carbocycles. The molecule has 0 saturated heterocycles. The second kappa shape index (κ2) is 6.74. The second-order valence-corrected chi connectivity index (χ2v) is 10.9. The first-order chi connectivity index (χ1) is 14.3. The molecule has 0 aromatic rings. The van der Waals surface area contributed by atoms with Crippen LogP contribution in [0.2, 0.25) is 0 Å². The molecular weight excluding hydrogens is 400 g/mol. The lowest BCUT2D eigenvalue weighted by atomic mass is 9.39. The van der Waals surface area contributed by atoms with Gasteiger partial charge in [0.05, 0.1) is 6.10 Å². The van der Waals surface area contributed by atoms with Crippen LogP contribution in [0, 0.1) is 34.0 Å². The van der Waals surface area contributed by atoms with Crippen LogP contribution in [0.25, 0.3) is 0 Å². The SMILES string of the molecule is C=C1C(=O)[C@]23CC(=O)[C@@H]4C(C)(C)[C@H](OC(C)=O)C[C@@H](OC(C)=O)[C@]4(C)[C@@H]2[C@@H](O)C[C@H]1C3. The Morgan fingerprint density at radius 3 is 2.19 bits per heavy atom. The van der Waals surface area contributed by atoms with E-state index in [1.54, 1.807) is 0 Å². The van der Waals surface area contributed by atoms with Gasteiger partial charge in [0, 0.05) is 54.8 Å². The fraction of sp³-hybridized carbons (Fsp3) is 0.750. The molecule has 8 atom stereocenters. The number of aliphatic hydroxyl groups excluding tert-OH is 1. The predicted molar refractivity (Wildman–Crippen MR) is 110 cm³/mol. The molecule has 170 valence electrons. The number of hydrogen-bond donors (Lipinski definition) is 1. The minimum Gasteiger partial charge on any atom is -0.462 e. The van der Waals surface area contributed by atoms with Gasteiger partial charge in [-0.25, -0.2) is 0 Å². The van der Waals surface area contributed by atoms with Crippen molar-refractivity contribution in [2.75, 3.05) is 0 Å². The minimum atomic E-state index is -1.01. The highest BCUT2D eigenvalue weighted by molar-refractivity contribution is 6.06. The summed E-state index contributed by atoms with van der Waals surface area (Å²) in [7, 11) is 0. The third kappa shape index (κ3) is 2.81. The van der Waals surface area contributed by atoms with Gasteiger partial charge in [-0.3, -0.25) is 19.2 Å². The summed E-state index contributed by atoms with van der Waals surface area (Å²) in [5.41, 5.74) is -2.25. The molecule has 0 aliphatic heterocycles. The number of fused-ring (bicyclic) bond motifs is 3. The van der Waals surface area contributed by atoms with Crippen molar-refractivity contribution in [2.24, 2.45) is 34.0 Å². The van der Waals surface area contributed by atoms with Crippen molar-refractivity contribution in [1.29, 1.82) is 0 Å². The van der Waals surface area contributed by atoms with Gasteiger partial charge in [0.15, 0.2) is 5.78 Å². The molecule has 7 heteroatoms. The molecular formula is C24H32O7. The van der Waals surface area contributed by atoms with E-state index in [2.05, 4.69) is 6.58 Å². The smallest absolute Gasteiger partial charge is 0.302 e. The molecule has 0 amide bonds. The van der Waals surface area contributed by atoms with Crippen LogP contribution >= 0.6 is 0 Å². The Hall–Kier alpha value is -2.02. The van der Waals surface area contributed by atoms with Gasteiger partial charge in [-0.15, -0.1) is 0 Å². The molecule has 4 rings (SSSR count). The summed E-state index contributed by atoms with van der Waals surface area (Å²) in [6.45, 7) is 12.2. The normalized spacial score (nSPS) is 45.5. The molecule has 0 aromatic heterocycles. The molecule has 2 bridgehead atoms. The van der Waals surface area contributed by atoms with Crippen LogP contribution < -0.4 is 0 Å². The number of carbonyl (C=O) groups is 4. The Balaban J connectivity index is 1.90.